The molecule has 0 aliphatic heterocycles. The van der Waals surface area contributed by atoms with Gasteiger partial charge < -0.3 is 5.11 Å². The van der Waals surface area contributed by atoms with Crippen LogP contribution >= 0.6 is 11.6 Å². The molecule has 7 heteroatoms. The SMILES string of the molecule is O=C(O)c1ccc2c(c1)C(NS(=O)(=O)Cc1ccccc1Cl)CC2. The summed E-state index contributed by atoms with van der Waals surface area (Å²) >= 11 is 6.03. The number of halogens is 1. The van der Waals surface area contributed by atoms with Crippen molar-refractivity contribution in [2.75, 3.05) is 0 Å². The van der Waals surface area contributed by atoms with E-state index in [0.717, 1.165) is 11.1 Å². The molecule has 1 atom stereocenters. The average Bonchev–Trinajstić information content (AvgIpc) is 2.91. The molecule has 126 valence electrons. The number of rotatable bonds is 5. The van der Waals surface area contributed by atoms with Crippen molar-refractivity contribution in [2.45, 2.75) is 24.6 Å². The molecule has 1 unspecified atom stereocenters. The molecule has 5 nitrogen and oxygen atoms in total. The summed E-state index contributed by atoms with van der Waals surface area (Å²) in [7, 11) is -3.60. The van der Waals surface area contributed by atoms with E-state index in [9.17, 15) is 13.2 Å². The Morgan fingerprint density at radius 1 is 1.25 bits per heavy atom. The second kappa shape index (κ2) is 6.55. The van der Waals surface area contributed by atoms with E-state index in [1.54, 1.807) is 42.5 Å². The molecule has 0 aromatic heterocycles. The summed E-state index contributed by atoms with van der Waals surface area (Å²) in [4.78, 5) is 11.1. The lowest BCUT2D eigenvalue weighted by Gasteiger charge is -2.15. The number of sulfonamides is 1. The monoisotopic (exact) mass is 365 g/mol. The molecule has 2 aromatic carbocycles. The smallest absolute Gasteiger partial charge is 0.335 e. The van der Waals surface area contributed by atoms with Gasteiger partial charge in [-0.2, -0.15) is 0 Å². The number of carboxylic acids is 1. The minimum Gasteiger partial charge on any atom is -0.478 e. The quantitative estimate of drug-likeness (QED) is 0.852. The zero-order valence-electron chi connectivity index (χ0n) is 12.7. The zero-order valence-corrected chi connectivity index (χ0v) is 14.3. The van der Waals surface area contributed by atoms with Gasteiger partial charge in [0.05, 0.1) is 11.3 Å². The van der Waals surface area contributed by atoms with E-state index < -0.39 is 22.0 Å². The predicted octanol–water partition coefficient (Wildman–Crippen LogP) is 3.15. The largest absolute Gasteiger partial charge is 0.478 e. The van der Waals surface area contributed by atoms with Gasteiger partial charge in [-0.05, 0) is 47.7 Å². The van der Waals surface area contributed by atoms with Crippen LogP contribution in [0.25, 0.3) is 0 Å². The van der Waals surface area contributed by atoms with Gasteiger partial charge in [0.2, 0.25) is 10.0 Å². The van der Waals surface area contributed by atoms with E-state index in [2.05, 4.69) is 4.72 Å². The van der Waals surface area contributed by atoms with Crippen LogP contribution in [0.5, 0.6) is 0 Å². The van der Waals surface area contributed by atoms with Crippen LogP contribution in [-0.2, 0) is 22.2 Å². The van der Waals surface area contributed by atoms with Crippen molar-refractivity contribution >= 4 is 27.6 Å². The van der Waals surface area contributed by atoms with Gasteiger partial charge in [-0.3, -0.25) is 0 Å². The fourth-order valence-corrected chi connectivity index (χ4v) is 4.64. The maximum atomic E-state index is 12.5. The van der Waals surface area contributed by atoms with Crippen molar-refractivity contribution in [1.82, 2.24) is 4.72 Å². The van der Waals surface area contributed by atoms with E-state index in [4.69, 9.17) is 16.7 Å². The molecule has 0 fully saturated rings. The first-order chi connectivity index (χ1) is 11.4. The molecule has 0 saturated heterocycles. The average molecular weight is 366 g/mol. The Balaban J connectivity index is 1.82. The highest BCUT2D eigenvalue weighted by atomic mass is 35.5. The van der Waals surface area contributed by atoms with E-state index in [1.165, 1.54) is 0 Å². The van der Waals surface area contributed by atoms with Crippen molar-refractivity contribution in [3.8, 4) is 0 Å². The number of nitrogens with one attached hydrogen (secondary N) is 1. The minimum atomic E-state index is -3.60. The van der Waals surface area contributed by atoms with E-state index >= 15 is 0 Å². The van der Waals surface area contributed by atoms with Crippen LogP contribution in [0.3, 0.4) is 0 Å². The van der Waals surface area contributed by atoms with Gasteiger partial charge in [-0.15, -0.1) is 0 Å². The molecule has 2 aromatic rings. The molecule has 0 saturated carbocycles. The van der Waals surface area contributed by atoms with Gasteiger partial charge in [-0.1, -0.05) is 35.9 Å². The molecule has 0 amide bonds. The molecular formula is C17H16ClNO4S. The summed E-state index contributed by atoms with van der Waals surface area (Å²) in [5.74, 6) is -1.24. The molecule has 1 aliphatic carbocycles. The Morgan fingerprint density at radius 2 is 2.00 bits per heavy atom. The third-order valence-electron chi connectivity index (χ3n) is 4.10. The number of benzene rings is 2. The number of carboxylic acid groups (broad SMARTS) is 1. The highest BCUT2D eigenvalue weighted by Crippen LogP contribution is 2.33. The fourth-order valence-electron chi connectivity index (χ4n) is 2.94. The van der Waals surface area contributed by atoms with Gasteiger partial charge in [0.25, 0.3) is 0 Å². The van der Waals surface area contributed by atoms with Gasteiger partial charge in [0.15, 0.2) is 0 Å². The van der Waals surface area contributed by atoms with Crippen LogP contribution in [-0.4, -0.2) is 19.5 Å². The van der Waals surface area contributed by atoms with Crippen LogP contribution in [0.15, 0.2) is 42.5 Å². The molecule has 24 heavy (non-hydrogen) atoms. The maximum absolute atomic E-state index is 12.5. The lowest BCUT2D eigenvalue weighted by molar-refractivity contribution is 0.0696. The summed E-state index contributed by atoms with van der Waals surface area (Å²) in [6.07, 6.45) is 1.33. The summed E-state index contributed by atoms with van der Waals surface area (Å²) < 4.78 is 27.6. The second-order valence-corrected chi connectivity index (χ2v) is 7.94. The fraction of sp³-hybridized carbons (Fsp3) is 0.235. The van der Waals surface area contributed by atoms with Crippen molar-refractivity contribution in [3.05, 3.63) is 69.7 Å². The third-order valence-corrected chi connectivity index (χ3v) is 5.80. The summed E-state index contributed by atoms with van der Waals surface area (Å²) in [5, 5.41) is 9.51. The first kappa shape index (κ1) is 17.0. The number of aryl methyl sites for hydroxylation is 1. The second-order valence-electron chi connectivity index (χ2n) is 5.78. The normalized spacial score (nSPS) is 16.8. The van der Waals surface area contributed by atoms with Crippen LogP contribution in [0, 0.1) is 0 Å². The van der Waals surface area contributed by atoms with Gasteiger partial charge in [0, 0.05) is 11.1 Å². The van der Waals surface area contributed by atoms with Crippen LogP contribution in [0.1, 0.15) is 39.5 Å². The van der Waals surface area contributed by atoms with E-state index in [-0.39, 0.29) is 11.3 Å². The van der Waals surface area contributed by atoms with Crippen molar-refractivity contribution in [1.29, 1.82) is 0 Å². The van der Waals surface area contributed by atoms with Crippen molar-refractivity contribution in [3.63, 3.8) is 0 Å². The molecule has 0 spiro atoms. The first-order valence-electron chi connectivity index (χ1n) is 7.45. The van der Waals surface area contributed by atoms with E-state index in [1.807, 2.05) is 0 Å². The number of hydrogen-bond acceptors (Lipinski definition) is 3. The highest BCUT2D eigenvalue weighted by molar-refractivity contribution is 7.88. The Kier molecular flexibility index (Phi) is 4.62. The molecule has 0 radical (unpaired) electrons. The van der Waals surface area contributed by atoms with Crippen LogP contribution < -0.4 is 4.72 Å². The van der Waals surface area contributed by atoms with Gasteiger partial charge in [-0.25, -0.2) is 17.9 Å². The molecule has 0 bridgehead atoms. The topological polar surface area (TPSA) is 83.5 Å². The molecule has 3 rings (SSSR count). The molecule has 0 heterocycles. The third kappa shape index (κ3) is 3.61. The first-order valence-corrected chi connectivity index (χ1v) is 9.48. The van der Waals surface area contributed by atoms with Crippen LogP contribution in [0.4, 0.5) is 0 Å². The number of hydrogen-bond donors (Lipinski definition) is 2. The van der Waals surface area contributed by atoms with Gasteiger partial charge in [0.1, 0.15) is 0 Å². The summed E-state index contributed by atoms with van der Waals surface area (Å²) in [6.45, 7) is 0. The highest BCUT2D eigenvalue weighted by Gasteiger charge is 2.27. The Bertz CT molecular complexity index is 895. The predicted molar refractivity (Wildman–Crippen MR) is 91.7 cm³/mol. The minimum absolute atomic E-state index is 0.158. The number of carbonyl (C=O) groups is 1. The number of aromatic carboxylic acids is 1. The van der Waals surface area contributed by atoms with E-state index in [0.29, 0.717) is 23.4 Å². The Hall–Kier alpha value is -1.89. The molecule has 1 aliphatic rings. The van der Waals surface area contributed by atoms with Crippen molar-refractivity contribution < 1.29 is 18.3 Å². The summed E-state index contributed by atoms with van der Waals surface area (Å²) in [5.41, 5.74) is 2.40. The lowest BCUT2D eigenvalue weighted by Crippen LogP contribution is -2.28. The Labute approximate surface area is 145 Å². The lowest BCUT2D eigenvalue weighted by atomic mass is 10.0. The molecular weight excluding hydrogens is 350 g/mol. The Morgan fingerprint density at radius 3 is 2.71 bits per heavy atom. The number of fused-ring (bicyclic) bond motifs is 1. The summed E-state index contributed by atoms with van der Waals surface area (Å²) in [6, 6.07) is 11.2. The molecule has 2 N–H and O–H groups in total. The van der Waals surface area contributed by atoms with Gasteiger partial charge >= 0.3 is 5.97 Å². The standard InChI is InChI=1S/C17H16ClNO4S/c18-15-4-2-1-3-13(15)10-24(22,23)19-16-8-7-11-5-6-12(17(20)21)9-14(11)16/h1-6,9,16,19H,7-8,10H2,(H,20,21). The maximum Gasteiger partial charge on any atom is 0.335 e. The van der Waals surface area contributed by atoms with Crippen LogP contribution in [0.2, 0.25) is 5.02 Å². The van der Waals surface area contributed by atoms with Crippen molar-refractivity contribution in [2.24, 2.45) is 0 Å². The zero-order chi connectivity index (χ0) is 17.3.